The fourth-order valence-corrected chi connectivity index (χ4v) is 4.83. The molecule has 0 N–H and O–H groups in total. The van der Waals surface area contributed by atoms with Gasteiger partial charge in [-0.25, -0.2) is 4.98 Å². The molecule has 1 aliphatic heterocycles. The van der Waals surface area contributed by atoms with Crippen LogP contribution in [0.1, 0.15) is 30.7 Å². The molecule has 28 heavy (non-hydrogen) atoms. The van der Waals surface area contributed by atoms with Gasteiger partial charge in [0.25, 0.3) is 5.56 Å². The second-order valence-electron chi connectivity index (χ2n) is 7.42. The third kappa shape index (κ3) is 3.18. The van der Waals surface area contributed by atoms with Crippen molar-refractivity contribution >= 4 is 29.0 Å². The molecular formula is C19H18Cl2F3N3O. The topological polar surface area (TPSA) is 38.1 Å². The summed E-state index contributed by atoms with van der Waals surface area (Å²) in [5, 5.41) is 0.156. The predicted octanol–water partition coefficient (Wildman–Crippen LogP) is 5.10. The summed E-state index contributed by atoms with van der Waals surface area (Å²) in [6, 6.07) is 4.48. The van der Waals surface area contributed by atoms with Gasteiger partial charge in [-0.15, -0.1) is 0 Å². The number of anilines is 1. The maximum Gasteiger partial charge on any atom is 0.425 e. The zero-order chi connectivity index (χ0) is 20.2. The van der Waals surface area contributed by atoms with E-state index >= 15 is 0 Å². The fraction of sp³-hybridized carbons (Fsp3) is 0.474. The SMILES string of the molecule is Cc1nc(N2CC3CCCC3C2)c(C(F)(F)F)c(=O)n1-c1cccc(Cl)c1Cl. The molecule has 4 nitrogen and oxygen atoms in total. The van der Waals surface area contributed by atoms with Gasteiger partial charge in [-0.05, 0) is 43.7 Å². The average molecular weight is 432 g/mol. The van der Waals surface area contributed by atoms with E-state index in [9.17, 15) is 18.0 Å². The minimum Gasteiger partial charge on any atom is -0.355 e. The number of hydrogen-bond acceptors (Lipinski definition) is 3. The first kappa shape index (κ1) is 19.6. The van der Waals surface area contributed by atoms with Crippen LogP contribution in [0.5, 0.6) is 0 Å². The first-order valence-corrected chi connectivity index (χ1v) is 9.84. The number of fused-ring (bicyclic) bond motifs is 1. The van der Waals surface area contributed by atoms with E-state index in [2.05, 4.69) is 4.98 Å². The zero-order valence-corrected chi connectivity index (χ0v) is 16.6. The molecule has 9 heteroatoms. The van der Waals surface area contributed by atoms with Gasteiger partial charge >= 0.3 is 6.18 Å². The molecule has 2 aliphatic rings. The molecule has 0 spiro atoms. The van der Waals surface area contributed by atoms with Gasteiger partial charge < -0.3 is 4.90 Å². The normalized spacial score (nSPS) is 22.0. The van der Waals surface area contributed by atoms with Crippen molar-refractivity contribution in [2.75, 3.05) is 18.0 Å². The van der Waals surface area contributed by atoms with Crippen LogP contribution >= 0.6 is 23.2 Å². The van der Waals surface area contributed by atoms with Gasteiger partial charge in [-0.2, -0.15) is 13.2 Å². The summed E-state index contributed by atoms with van der Waals surface area (Å²) in [6.07, 6.45) is -1.71. The van der Waals surface area contributed by atoms with Crippen molar-refractivity contribution in [2.45, 2.75) is 32.4 Å². The molecule has 1 aromatic carbocycles. The van der Waals surface area contributed by atoms with E-state index in [0.29, 0.717) is 24.9 Å². The largest absolute Gasteiger partial charge is 0.425 e. The van der Waals surface area contributed by atoms with E-state index in [1.54, 1.807) is 4.90 Å². The zero-order valence-electron chi connectivity index (χ0n) is 15.1. The summed E-state index contributed by atoms with van der Waals surface area (Å²) in [5.41, 5.74) is -2.36. The minimum atomic E-state index is -4.84. The molecule has 2 fully saturated rings. The summed E-state index contributed by atoms with van der Waals surface area (Å²) >= 11 is 12.1. The third-order valence-electron chi connectivity index (χ3n) is 5.71. The summed E-state index contributed by atoms with van der Waals surface area (Å²) in [6.45, 7) is 2.50. The Morgan fingerprint density at radius 3 is 2.39 bits per heavy atom. The highest BCUT2D eigenvalue weighted by molar-refractivity contribution is 6.43. The van der Waals surface area contributed by atoms with Crippen LogP contribution < -0.4 is 10.5 Å². The summed E-state index contributed by atoms with van der Waals surface area (Å²) in [7, 11) is 0. The Morgan fingerprint density at radius 2 is 1.79 bits per heavy atom. The number of aryl methyl sites for hydroxylation is 1. The first-order valence-electron chi connectivity index (χ1n) is 9.08. The highest BCUT2D eigenvalue weighted by Crippen LogP contribution is 2.42. The van der Waals surface area contributed by atoms with Crippen LogP contribution in [-0.4, -0.2) is 22.6 Å². The fourth-order valence-electron chi connectivity index (χ4n) is 4.45. The summed E-state index contributed by atoms with van der Waals surface area (Å²) < 4.78 is 42.6. The molecule has 4 rings (SSSR count). The highest BCUT2D eigenvalue weighted by atomic mass is 35.5. The maximum atomic E-state index is 13.9. The van der Waals surface area contributed by atoms with Gasteiger partial charge in [-0.3, -0.25) is 9.36 Å². The second-order valence-corrected chi connectivity index (χ2v) is 8.21. The second kappa shape index (κ2) is 6.95. The van der Waals surface area contributed by atoms with Crippen LogP contribution in [0.4, 0.5) is 19.0 Å². The van der Waals surface area contributed by atoms with Gasteiger partial charge in [0.15, 0.2) is 5.56 Å². The number of hydrogen-bond donors (Lipinski definition) is 0. The van der Waals surface area contributed by atoms with Crippen LogP contribution in [0.2, 0.25) is 10.0 Å². The van der Waals surface area contributed by atoms with Gasteiger partial charge in [0.1, 0.15) is 11.6 Å². The summed E-state index contributed by atoms with van der Waals surface area (Å²) in [5.74, 6) is 0.592. The lowest BCUT2D eigenvalue weighted by Gasteiger charge is -2.24. The van der Waals surface area contributed by atoms with Crippen molar-refractivity contribution in [2.24, 2.45) is 11.8 Å². The Balaban J connectivity index is 1.90. The van der Waals surface area contributed by atoms with Crippen molar-refractivity contribution in [1.29, 1.82) is 0 Å². The van der Waals surface area contributed by atoms with E-state index in [-0.39, 0.29) is 27.4 Å². The molecule has 2 aromatic rings. The van der Waals surface area contributed by atoms with Gasteiger partial charge in [0, 0.05) is 13.1 Å². The standard InChI is InChI=1S/C19H18Cl2F3N3O/c1-10-25-17(26-8-11-4-2-5-12(11)9-26)15(19(22,23)24)18(28)27(10)14-7-3-6-13(20)16(14)21/h3,6-7,11-12H,2,4-5,8-9H2,1H3. The number of rotatable bonds is 2. The van der Waals surface area contributed by atoms with Crippen molar-refractivity contribution in [3.05, 3.63) is 50.0 Å². The minimum absolute atomic E-state index is 0.00717. The number of alkyl halides is 3. The first-order chi connectivity index (χ1) is 13.2. The molecule has 1 saturated carbocycles. The molecule has 2 atom stereocenters. The van der Waals surface area contributed by atoms with E-state index in [0.717, 1.165) is 23.8 Å². The van der Waals surface area contributed by atoms with E-state index in [4.69, 9.17) is 23.2 Å². The Morgan fingerprint density at radius 1 is 1.14 bits per heavy atom. The average Bonchev–Trinajstić information content (AvgIpc) is 3.18. The molecule has 0 radical (unpaired) electrons. The molecule has 150 valence electrons. The third-order valence-corrected chi connectivity index (χ3v) is 6.52. The monoisotopic (exact) mass is 431 g/mol. The molecular weight excluding hydrogens is 414 g/mol. The van der Waals surface area contributed by atoms with Crippen LogP contribution in [0, 0.1) is 18.8 Å². The van der Waals surface area contributed by atoms with Gasteiger partial charge in [0.05, 0.1) is 15.7 Å². The quantitative estimate of drug-likeness (QED) is 0.663. The molecule has 0 bridgehead atoms. The van der Waals surface area contributed by atoms with Crippen LogP contribution in [0.3, 0.4) is 0 Å². The molecule has 0 amide bonds. The van der Waals surface area contributed by atoms with E-state index in [1.807, 2.05) is 0 Å². The lowest BCUT2D eigenvalue weighted by atomic mass is 10.0. The number of nitrogens with zero attached hydrogens (tertiary/aromatic N) is 3. The lowest BCUT2D eigenvalue weighted by molar-refractivity contribution is -0.138. The van der Waals surface area contributed by atoms with Crippen LogP contribution in [0.25, 0.3) is 5.69 Å². The molecule has 1 aliphatic carbocycles. The maximum absolute atomic E-state index is 13.9. The number of halogens is 5. The predicted molar refractivity (Wildman–Crippen MR) is 103 cm³/mol. The Bertz CT molecular complexity index is 978. The van der Waals surface area contributed by atoms with Crippen molar-refractivity contribution < 1.29 is 13.2 Å². The van der Waals surface area contributed by atoms with Gasteiger partial charge in [-0.1, -0.05) is 35.7 Å². The van der Waals surface area contributed by atoms with Crippen molar-refractivity contribution in [3.8, 4) is 5.69 Å². The number of benzene rings is 1. The molecule has 2 heterocycles. The Hall–Kier alpha value is -1.73. The smallest absolute Gasteiger partial charge is 0.355 e. The number of aromatic nitrogens is 2. The van der Waals surface area contributed by atoms with Crippen molar-refractivity contribution in [1.82, 2.24) is 9.55 Å². The summed E-state index contributed by atoms with van der Waals surface area (Å²) in [4.78, 5) is 18.8. The molecule has 1 saturated heterocycles. The molecule has 2 unspecified atom stereocenters. The Labute approximate surface area is 169 Å². The van der Waals surface area contributed by atoms with Crippen molar-refractivity contribution in [3.63, 3.8) is 0 Å². The lowest BCUT2D eigenvalue weighted by Crippen LogP contribution is -2.36. The van der Waals surface area contributed by atoms with Crippen LogP contribution in [0.15, 0.2) is 23.0 Å². The van der Waals surface area contributed by atoms with Crippen LogP contribution in [-0.2, 0) is 6.18 Å². The van der Waals surface area contributed by atoms with E-state index < -0.39 is 17.3 Å². The van der Waals surface area contributed by atoms with E-state index in [1.165, 1.54) is 25.1 Å². The van der Waals surface area contributed by atoms with Gasteiger partial charge in [0.2, 0.25) is 0 Å². The molecule has 1 aromatic heterocycles. The highest BCUT2D eigenvalue weighted by Gasteiger charge is 2.44. The Kier molecular flexibility index (Phi) is 4.86.